The van der Waals surface area contributed by atoms with Gasteiger partial charge in [-0.05, 0) is 24.0 Å². The number of hydrogen-bond acceptors (Lipinski definition) is 1. The number of rotatable bonds is 2. The van der Waals surface area contributed by atoms with E-state index in [4.69, 9.17) is 0 Å². The van der Waals surface area contributed by atoms with Crippen molar-refractivity contribution >= 4 is 0 Å². The molecular weight excluding hydrogens is 141 g/mol. The highest BCUT2D eigenvalue weighted by atomic mass is 19.1. The third kappa shape index (κ3) is 2.66. The molecule has 0 aliphatic heterocycles. The molecule has 1 aromatic heterocycles. The summed E-state index contributed by atoms with van der Waals surface area (Å²) in [6.45, 7) is 4.26. The lowest BCUT2D eigenvalue weighted by Crippen LogP contribution is -1.94. The van der Waals surface area contributed by atoms with Crippen molar-refractivity contribution in [3.63, 3.8) is 0 Å². The first kappa shape index (κ1) is 8.18. The number of nitrogens with zero attached hydrogens (tertiary/aromatic N) is 1. The Morgan fingerprint density at radius 1 is 1.45 bits per heavy atom. The zero-order chi connectivity index (χ0) is 8.27. The minimum Gasteiger partial charge on any atom is -0.228 e. The summed E-state index contributed by atoms with van der Waals surface area (Å²) in [5, 5.41) is 0. The molecule has 0 radical (unpaired) electrons. The second-order valence-electron chi connectivity index (χ2n) is 3.09. The first-order chi connectivity index (χ1) is 5.18. The third-order valence-electron chi connectivity index (χ3n) is 1.43. The second kappa shape index (κ2) is 3.46. The summed E-state index contributed by atoms with van der Waals surface area (Å²) in [5.41, 5.74) is 1.10. The molecule has 1 aromatic rings. The number of pyridine rings is 1. The van der Waals surface area contributed by atoms with E-state index in [0.29, 0.717) is 5.92 Å². The van der Waals surface area contributed by atoms with Crippen molar-refractivity contribution in [1.29, 1.82) is 0 Å². The molecule has 0 amide bonds. The van der Waals surface area contributed by atoms with Crippen molar-refractivity contribution in [3.05, 3.63) is 29.8 Å². The van der Waals surface area contributed by atoms with Gasteiger partial charge in [0.2, 0.25) is 5.95 Å². The zero-order valence-electron chi connectivity index (χ0n) is 6.84. The van der Waals surface area contributed by atoms with E-state index in [1.54, 1.807) is 12.3 Å². The molecule has 0 bridgehead atoms. The van der Waals surface area contributed by atoms with Gasteiger partial charge < -0.3 is 0 Å². The topological polar surface area (TPSA) is 12.9 Å². The monoisotopic (exact) mass is 153 g/mol. The van der Waals surface area contributed by atoms with Crippen LogP contribution in [0.5, 0.6) is 0 Å². The van der Waals surface area contributed by atoms with Gasteiger partial charge in [-0.15, -0.1) is 0 Å². The molecule has 0 saturated carbocycles. The van der Waals surface area contributed by atoms with Crippen LogP contribution in [0.25, 0.3) is 0 Å². The minimum atomic E-state index is -0.405. The lowest BCUT2D eigenvalue weighted by molar-refractivity contribution is 0.578. The lowest BCUT2D eigenvalue weighted by Gasteiger charge is -2.02. The maximum atomic E-state index is 12.3. The van der Waals surface area contributed by atoms with Crippen LogP contribution in [-0.4, -0.2) is 4.98 Å². The highest BCUT2D eigenvalue weighted by Gasteiger charge is 1.97. The average molecular weight is 153 g/mol. The summed E-state index contributed by atoms with van der Waals surface area (Å²) >= 11 is 0. The highest BCUT2D eigenvalue weighted by Crippen LogP contribution is 2.06. The lowest BCUT2D eigenvalue weighted by atomic mass is 10.1. The van der Waals surface area contributed by atoms with E-state index in [1.165, 1.54) is 6.07 Å². The normalized spacial score (nSPS) is 10.5. The Kier molecular flexibility index (Phi) is 2.58. The summed E-state index contributed by atoms with van der Waals surface area (Å²) in [7, 11) is 0. The molecule has 1 rings (SSSR count). The van der Waals surface area contributed by atoms with Gasteiger partial charge in [0.1, 0.15) is 0 Å². The van der Waals surface area contributed by atoms with Gasteiger partial charge in [0.15, 0.2) is 0 Å². The van der Waals surface area contributed by atoms with Crippen LogP contribution in [-0.2, 0) is 6.42 Å². The minimum absolute atomic E-state index is 0.405. The van der Waals surface area contributed by atoms with Gasteiger partial charge in [-0.2, -0.15) is 4.39 Å². The zero-order valence-corrected chi connectivity index (χ0v) is 6.84. The van der Waals surface area contributed by atoms with Gasteiger partial charge >= 0.3 is 0 Å². The number of aromatic nitrogens is 1. The molecule has 0 atom stereocenters. The largest absolute Gasteiger partial charge is 0.228 e. The Balaban J connectivity index is 2.66. The molecule has 1 heterocycles. The number of halogens is 1. The predicted molar refractivity (Wildman–Crippen MR) is 42.7 cm³/mol. The molecule has 0 spiro atoms. The van der Waals surface area contributed by atoms with Crippen molar-refractivity contribution in [1.82, 2.24) is 4.98 Å². The Bertz CT molecular complexity index is 216. The Morgan fingerprint density at radius 2 is 2.18 bits per heavy atom. The van der Waals surface area contributed by atoms with Gasteiger partial charge in [0, 0.05) is 6.20 Å². The molecule has 0 N–H and O–H groups in total. The van der Waals surface area contributed by atoms with E-state index in [0.717, 1.165) is 12.0 Å². The molecule has 0 aromatic carbocycles. The van der Waals surface area contributed by atoms with Gasteiger partial charge in [-0.25, -0.2) is 4.98 Å². The summed E-state index contributed by atoms with van der Waals surface area (Å²) in [4.78, 5) is 3.57. The fourth-order valence-electron chi connectivity index (χ4n) is 0.999. The van der Waals surface area contributed by atoms with Crippen LogP contribution >= 0.6 is 0 Å². The first-order valence-electron chi connectivity index (χ1n) is 3.79. The molecule has 0 fully saturated rings. The van der Waals surface area contributed by atoms with Crippen LogP contribution in [0, 0.1) is 11.9 Å². The average Bonchev–Trinajstić information content (AvgIpc) is 1.93. The quantitative estimate of drug-likeness (QED) is 0.594. The molecule has 1 nitrogen and oxygen atoms in total. The van der Waals surface area contributed by atoms with E-state index in [1.807, 2.05) is 0 Å². The van der Waals surface area contributed by atoms with Gasteiger partial charge in [-0.3, -0.25) is 0 Å². The van der Waals surface area contributed by atoms with E-state index in [-0.39, 0.29) is 0 Å². The standard InChI is InChI=1S/C9H12FN/c1-7(2)5-8-3-4-9(10)11-6-8/h3-4,6-7H,5H2,1-2H3. The van der Waals surface area contributed by atoms with Crippen LogP contribution in [0.2, 0.25) is 0 Å². The fourth-order valence-corrected chi connectivity index (χ4v) is 0.999. The van der Waals surface area contributed by atoms with Crippen LogP contribution < -0.4 is 0 Å². The van der Waals surface area contributed by atoms with Gasteiger partial charge in [-0.1, -0.05) is 19.9 Å². The van der Waals surface area contributed by atoms with Crippen LogP contribution in [0.3, 0.4) is 0 Å². The SMILES string of the molecule is CC(C)Cc1ccc(F)nc1. The molecule has 0 aliphatic rings. The smallest absolute Gasteiger partial charge is 0.212 e. The molecule has 0 aliphatic carbocycles. The van der Waals surface area contributed by atoms with Gasteiger partial charge in [0.05, 0.1) is 0 Å². The van der Waals surface area contributed by atoms with Gasteiger partial charge in [0.25, 0.3) is 0 Å². The molecule has 0 saturated heterocycles. The van der Waals surface area contributed by atoms with Crippen molar-refractivity contribution in [2.45, 2.75) is 20.3 Å². The van der Waals surface area contributed by atoms with E-state index in [2.05, 4.69) is 18.8 Å². The Morgan fingerprint density at radius 3 is 2.64 bits per heavy atom. The predicted octanol–water partition coefficient (Wildman–Crippen LogP) is 2.42. The van der Waals surface area contributed by atoms with Crippen LogP contribution in [0.15, 0.2) is 18.3 Å². The first-order valence-corrected chi connectivity index (χ1v) is 3.79. The molecule has 0 unspecified atom stereocenters. The number of hydrogen-bond donors (Lipinski definition) is 0. The van der Waals surface area contributed by atoms with E-state index < -0.39 is 5.95 Å². The maximum absolute atomic E-state index is 12.3. The summed E-state index contributed by atoms with van der Waals surface area (Å²) in [6.07, 6.45) is 2.56. The third-order valence-corrected chi connectivity index (χ3v) is 1.43. The maximum Gasteiger partial charge on any atom is 0.212 e. The molecule has 60 valence electrons. The second-order valence-corrected chi connectivity index (χ2v) is 3.09. The van der Waals surface area contributed by atoms with Crippen LogP contribution in [0.1, 0.15) is 19.4 Å². The molecular formula is C9H12FN. The molecule has 11 heavy (non-hydrogen) atoms. The summed E-state index contributed by atoms with van der Waals surface area (Å²) in [5.74, 6) is 0.194. The summed E-state index contributed by atoms with van der Waals surface area (Å²) < 4.78 is 12.3. The summed E-state index contributed by atoms with van der Waals surface area (Å²) in [6, 6.07) is 3.18. The fraction of sp³-hybridized carbons (Fsp3) is 0.444. The van der Waals surface area contributed by atoms with Crippen molar-refractivity contribution in [2.75, 3.05) is 0 Å². The Hall–Kier alpha value is -0.920. The van der Waals surface area contributed by atoms with Crippen LogP contribution in [0.4, 0.5) is 4.39 Å². The van der Waals surface area contributed by atoms with Crippen molar-refractivity contribution in [2.24, 2.45) is 5.92 Å². The van der Waals surface area contributed by atoms with Crippen molar-refractivity contribution in [3.8, 4) is 0 Å². The molecule has 2 heteroatoms. The Labute approximate surface area is 66.3 Å². The highest BCUT2D eigenvalue weighted by molar-refractivity contribution is 5.09. The van der Waals surface area contributed by atoms with Crippen molar-refractivity contribution < 1.29 is 4.39 Å². The van der Waals surface area contributed by atoms with E-state index >= 15 is 0 Å². The van der Waals surface area contributed by atoms with E-state index in [9.17, 15) is 4.39 Å².